The monoisotopic (exact) mass is 402 g/mol. The molecular weight excluding hydrogens is 383 g/mol. The third-order valence-corrected chi connectivity index (χ3v) is 6.76. The van der Waals surface area contributed by atoms with Crippen molar-refractivity contribution in [3.8, 4) is 0 Å². The van der Waals surface area contributed by atoms with Gasteiger partial charge in [0.25, 0.3) is 0 Å². The number of hydrogen-bond donors (Lipinski definition) is 0. The van der Waals surface area contributed by atoms with Gasteiger partial charge < -0.3 is 0 Å². The summed E-state index contributed by atoms with van der Waals surface area (Å²) in [7, 11) is 0. The molecule has 0 saturated carbocycles. The maximum Gasteiger partial charge on any atom is -0.147 e. The molecule has 2 aromatic carbocycles. The second-order valence-electron chi connectivity index (χ2n) is 5.85. The fraction of sp³-hybridized carbons (Fsp3) is 0.0909. The molecule has 0 atom stereocenters. The zero-order valence-electron chi connectivity index (χ0n) is 13.8. The molecule has 0 heterocycles. The molecular formula is C22H20Cl2Ti. The van der Waals surface area contributed by atoms with E-state index in [9.17, 15) is 0 Å². The summed E-state index contributed by atoms with van der Waals surface area (Å²) in [4.78, 5) is 0. The molecule has 0 fully saturated rings. The number of allylic oxidation sites excluding steroid dienone is 8. The summed E-state index contributed by atoms with van der Waals surface area (Å²) in [6.07, 6.45) is 11.6. The van der Waals surface area contributed by atoms with E-state index in [-0.39, 0.29) is 44.0 Å². The van der Waals surface area contributed by atoms with Gasteiger partial charge >= 0.3 is 147 Å². The molecule has 0 spiro atoms. The van der Waals surface area contributed by atoms with Crippen LogP contribution in [0.3, 0.4) is 0 Å². The van der Waals surface area contributed by atoms with Gasteiger partial charge in [0.15, 0.2) is 0 Å². The average molecular weight is 403 g/mol. The molecule has 0 nitrogen and oxygen atoms in total. The number of rotatable bonds is 4. The Hall–Kier alpha value is -1.31. The largest absolute Gasteiger partial charge is 0.147 e. The molecule has 0 saturated heterocycles. The van der Waals surface area contributed by atoms with Gasteiger partial charge in [0, 0.05) is 0 Å². The van der Waals surface area contributed by atoms with Gasteiger partial charge in [-0.1, -0.05) is 0 Å². The van der Waals surface area contributed by atoms with Crippen molar-refractivity contribution in [3.05, 3.63) is 104 Å². The van der Waals surface area contributed by atoms with Crippen molar-refractivity contribution in [2.75, 3.05) is 0 Å². The Bertz CT molecular complexity index is 759. The molecule has 0 aliphatic heterocycles. The number of hydrogen-bond acceptors (Lipinski definition) is 0. The minimum Gasteiger partial charge on any atom is -0.147 e. The van der Waals surface area contributed by atoms with Gasteiger partial charge in [0.2, 0.25) is 0 Å². The molecule has 2 aromatic rings. The number of halogens is 2. The predicted molar refractivity (Wildman–Crippen MR) is 109 cm³/mol. The van der Waals surface area contributed by atoms with Gasteiger partial charge in [-0.2, -0.15) is 0 Å². The molecule has 2 aliphatic carbocycles. The standard InChI is InChI=1S/2C11H9.2ClH.Ti/c2*1-2-6-10(7-3-1)11-8-4-5-9-11;;;/h2*1-4,6-8H,5H2;2*1H;. The smallest absolute Gasteiger partial charge is 0.147 e. The van der Waals surface area contributed by atoms with Crippen LogP contribution in [-0.2, 0) is 19.2 Å². The Morgan fingerprint density at radius 1 is 0.560 bits per heavy atom. The summed E-state index contributed by atoms with van der Waals surface area (Å²) in [6, 6.07) is 21.7. The molecule has 0 N–H and O–H groups in total. The zero-order chi connectivity index (χ0) is 15.5. The van der Waals surface area contributed by atoms with Crippen LogP contribution in [0, 0.1) is 0 Å². The quantitative estimate of drug-likeness (QED) is 0.501. The summed E-state index contributed by atoms with van der Waals surface area (Å²) < 4.78 is 3.34. The average Bonchev–Trinajstić information content (AvgIpc) is 3.26. The summed E-state index contributed by atoms with van der Waals surface area (Å²) in [5.74, 6) is 0. The van der Waals surface area contributed by atoms with E-state index >= 15 is 0 Å². The Morgan fingerprint density at radius 3 is 1.36 bits per heavy atom. The SMILES string of the molecule is C1=CC(c2ccccc2)=[C]([Ti][C]2=C(c3ccccc3)C=CC2)C1.Cl.Cl. The fourth-order valence-corrected chi connectivity index (χ4v) is 5.59. The van der Waals surface area contributed by atoms with E-state index in [1.54, 1.807) is 7.76 Å². The van der Waals surface area contributed by atoms with Gasteiger partial charge in [-0.3, -0.25) is 0 Å². The Balaban J connectivity index is 0.00000113. The molecule has 4 rings (SSSR count). The van der Waals surface area contributed by atoms with E-state index in [0.29, 0.717) is 0 Å². The summed E-state index contributed by atoms with van der Waals surface area (Å²) >= 11 is -0.238. The van der Waals surface area contributed by atoms with Crippen LogP contribution < -0.4 is 0 Å². The van der Waals surface area contributed by atoms with Gasteiger partial charge in [0.05, 0.1) is 0 Å². The van der Waals surface area contributed by atoms with Crippen LogP contribution in [-0.4, -0.2) is 0 Å². The molecule has 0 radical (unpaired) electrons. The van der Waals surface area contributed by atoms with E-state index in [2.05, 4.69) is 85.0 Å². The van der Waals surface area contributed by atoms with Gasteiger partial charge in [-0.15, -0.1) is 24.8 Å². The van der Waals surface area contributed by atoms with Crippen LogP contribution >= 0.6 is 24.8 Å². The molecule has 0 bridgehead atoms. The first-order chi connectivity index (χ1) is 11.4. The van der Waals surface area contributed by atoms with Crippen LogP contribution in [0.4, 0.5) is 0 Å². The Morgan fingerprint density at radius 2 is 0.960 bits per heavy atom. The van der Waals surface area contributed by atoms with Gasteiger partial charge in [-0.05, 0) is 0 Å². The first-order valence-corrected chi connectivity index (χ1v) is 9.65. The van der Waals surface area contributed by atoms with E-state index in [1.165, 1.54) is 22.3 Å². The summed E-state index contributed by atoms with van der Waals surface area (Å²) in [6.45, 7) is 0. The molecule has 0 unspecified atom stereocenters. The molecule has 0 amide bonds. The third kappa shape index (κ3) is 4.46. The van der Waals surface area contributed by atoms with Crippen LogP contribution in [0.2, 0.25) is 0 Å². The summed E-state index contributed by atoms with van der Waals surface area (Å²) in [5, 5.41) is 0. The second kappa shape index (κ2) is 9.41. The predicted octanol–water partition coefficient (Wildman–Crippen LogP) is 6.65. The van der Waals surface area contributed by atoms with E-state index in [0.717, 1.165) is 12.8 Å². The molecule has 3 heteroatoms. The van der Waals surface area contributed by atoms with Crippen LogP contribution in [0.15, 0.2) is 92.7 Å². The van der Waals surface area contributed by atoms with Crippen molar-refractivity contribution in [1.29, 1.82) is 0 Å². The van der Waals surface area contributed by atoms with Crippen molar-refractivity contribution in [1.82, 2.24) is 0 Å². The molecule has 0 aromatic heterocycles. The fourth-order valence-electron chi connectivity index (χ4n) is 3.21. The third-order valence-electron chi connectivity index (χ3n) is 4.33. The van der Waals surface area contributed by atoms with Crippen LogP contribution in [0.1, 0.15) is 24.0 Å². The van der Waals surface area contributed by atoms with Crippen LogP contribution in [0.5, 0.6) is 0 Å². The van der Waals surface area contributed by atoms with Crippen molar-refractivity contribution in [2.45, 2.75) is 12.8 Å². The zero-order valence-corrected chi connectivity index (χ0v) is 17.0. The first kappa shape index (κ1) is 20.0. The minimum absolute atomic E-state index is 0. The van der Waals surface area contributed by atoms with Crippen LogP contribution in [0.25, 0.3) is 11.1 Å². The summed E-state index contributed by atoms with van der Waals surface area (Å²) in [5.41, 5.74) is 5.68. The number of benzene rings is 2. The Kier molecular flexibility index (Phi) is 7.53. The van der Waals surface area contributed by atoms with Crippen molar-refractivity contribution in [3.63, 3.8) is 0 Å². The van der Waals surface area contributed by atoms with E-state index < -0.39 is 0 Å². The van der Waals surface area contributed by atoms with Gasteiger partial charge in [0.1, 0.15) is 0 Å². The molecule has 126 valence electrons. The maximum atomic E-state index is 2.33. The van der Waals surface area contributed by atoms with Crippen molar-refractivity contribution >= 4 is 36.0 Å². The topological polar surface area (TPSA) is 0 Å². The maximum absolute atomic E-state index is 2.33. The Labute approximate surface area is 171 Å². The first-order valence-electron chi connectivity index (χ1n) is 8.09. The normalized spacial score (nSPS) is 15.2. The molecule has 25 heavy (non-hydrogen) atoms. The van der Waals surface area contributed by atoms with Gasteiger partial charge in [-0.25, -0.2) is 0 Å². The van der Waals surface area contributed by atoms with Crippen molar-refractivity contribution in [2.24, 2.45) is 0 Å². The van der Waals surface area contributed by atoms with Crippen molar-refractivity contribution < 1.29 is 19.2 Å². The van der Waals surface area contributed by atoms with E-state index in [1.807, 2.05) is 0 Å². The minimum atomic E-state index is -0.238. The second-order valence-corrected chi connectivity index (χ2v) is 8.13. The molecule has 2 aliphatic rings. The van der Waals surface area contributed by atoms with E-state index in [4.69, 9.17) is 0 Å².